The third-order valence-corrected chi connectivity index (χ3v) is 5.53. The first-order valence-corrected chi connectivity index (χ1v) is 9.56. The predicted molar refractivity (Wildman–Crippen MR) is 107 cm³/mol. The number of benzene rings is 1. The van der Waals surface area contributed by atoms with Gasteiger partial charge in [0.05, 0.1) is 48.7 Å². The van der Waals surface area contributed by atoms with Gasteiger partial charge in [0.2, 0.25) is 0 Å². The van der Waals surface area contributed by atoms with Gasteiger partial charge < -0.3 is 19.9 Å². The van der Waals surface area contributed by atoms with E-state index in [4.69, 9.17) is 16.3 Å². The van der Waals surface area contributed by atoms with Crippen molar-refractivity contribution >= 4 is 39.8 Å². The molecule has 0 unspecified atom stereocenters. The van der Waals surface area contributed by atoms with Gasteiger partial charge in [0.25, 0.3) is 0 Å². The molecule has 0 bridgehead atoms. The summed E-state index contributed by atoms with van der Waals surface area (Å²) < 4.78 is 5.30. The zero-order valence-corrected chi connectivity index (χ0v) is 15.6. The van der Waals surface area contributed by atoms with E-state index in [9.17, 15) is 0 Å². The van der Waals surface area contributed by atoms with Crippen molar-refractivity contribution < 1.29 is 4.74 Å². The number of H-pyrrole nitrogens is 1. The van der Waals surface area contributed by atoms with Gasteiger partial charge in [-0.1, -0.05) is 11.6 Å². The van der Waals surface area contributed by atoms with Gasteiger partial charge in [0.15, 0.2) is 0 Å². The molecule has 2 aliphatic heterocycles. The van der Waals surface area contributed by atoms with Crippen LogP contribution in [0.3, 0.4) is 0 Å². The van der Waals surface area contributed by atoms with Crippen LogP contribution in [-0.2, 0) is 4.74 Å². The Bertz CT molecular complexity index is 931. The lowest BCUT2D eigenvalue weighted by atomic mass is 10.2. The Morgan fingerprint density at radius 1 is 1.11 bits per heavy atom. The molecule has 140 valence electrons. The molecule has 27 heavy (non-hydrogen) atoms. The molecule has 2 N–H and O–H groups in total. The van der Waals surface area contributed by atoms with Crippen LogP contribution in [0.15, 0.2) is 36.8 Å². The minimum absolute atomic E-state index is 0.619. The summed E-state index contributed by atoms with van der Waals surface area (Å²) in [5.41, 5.74) is 3.74. The highest BCUT2D eigenvalue weighted by molar-refractivity contribution is 6.31. The fourth-order valence-corrected chi connectivity index (χ4v) is 3.89. The van der Waals surface area contributed by atoms with Crippen molar-refractivity contribution in [3.63, 3.8) is 0 Å². The average Bonchev–Trinajstić information content (AvgIpc) is 3.10. The molecule has 2 fully saturated rings. The number of nitrogens with one attached hydrogen (secondary N) is 2. The topological polar surface area (TPSA) is 69.3 Å². The number of imidazole rings is 1. The summed E-state index contributed by atoms with van der Waals surface area (Å²) in [4.78, 5) is 16.9. The number of halogens is 1. The van der Waals surface area contributed by atoms with Gasteiger partial charge in [-0.05, 0) is 24.3 Å². The van der Waals surface area contributed by atoms with Crippen LogP contribution >= 0.6 is 11.6 Å². The molecule has 0 aliphatic carbocycles. The molecule has 8 heteroatoms. The van der Waals surface area contributed by atoms with Gasteiger partial charge in [-0.3, -0.25) is 4.90 Å². The highest BCUT2D eigenvalue weighted by atomic mass is 35.5. The van der Waals surface area contributed by atoms with E-state index in [-0.39, 0.29) is 0 Å². The van der Waals surface area contributed by atoms with Gasteiger partial charge in [-0.25, -0.2) is 9.97 Å². The van der Waals surface area contributed by atoms with Crippen molar-refractivity contribution in [1.82, 2.24) is 19.9 Å². The van der Waals surface area contributed by atoms with Gasteiger partial charge in [-0.2, -0.15) is 0 Å². The molecular weight excluding hydrogens is 364 g/mol. The molecule has 0 amide bonds. The standard InChI is InChI=1S/C19H21ClN6O/c20-13-7-16-19(23-12-22-16)17(8-13)24-18-2-1-14(9-21-18)25-3-5-26(6-4-25)15-10-27-11-15/h1-2,7-9,12,15H,3-6,10-11H2,(H,21,24)(H,22,23). The molecule has 5 rings (SSSR count). The number of fused-ring (bicyclic) bond motifs is 1. The lowest BCUT2D eigenvalue weighted by Crippen LogP contribution is -2.56. The van der Waals surface area contributed by atoms with Crippen molar-refractivity contribution in [3.05, 3.63) is 41.8 Å². The Balaban J connectivity index is 1.27. The number of pyridine rings is 1. The number of rotatable bonds is 4. The Hall–Kier alpha value is -2.35. The zero-order valence-electron chi connectivity index (χ0n) is 14.9. The average molecular weight is 385 g/mol. The molecule has 0 spiro atoms. The fourth-order valence-electron chi connectivity index (χ4n) is 3.67. The first kappa shape index (κ1) is 16.8. The normalized spacial score (nSPS) is 18.6. The molecule has 4 heterocycles. The molecule has 7 nitrogen and oxygen atoms in total. The lowest BCUT2D eigenvalue weighted by Gasteiger charge is -2.43. The van der Waals surface area contributed by atoms with Gasteiger partial charge in [0.1, 0.15) is 11.3 Å². The molecule has 2 aliphatic rings. The monoisotopic (exact) mass is 384 g/mol. The second-order valence-electron chi connectivity index (χ2n) is 6.99. The Morgan fingerprint density at radius 2 is 1.96 bits per heavy atom. The van der Waals surface area contributed by atoms with Crippen molar-refractivity contribution in [2.45, 2.75) is 6.04 Å². The first-order chi connectivity index (χ1) is 13.3. The molecule has 3 aromatic rings. The molecule has 0 atom stereocenters. The van der Waals surface area contributed by atoms with Gasteiger partial charge in [-0.15, -0.1) is 0 Å². The van der Waals surface area contributed by atoms with Crippen LogP contribution in [0.2, 0.25) is 5.02 Å². The largest absolute Gasteiger partial charge is 0.378 e. The predicted octanol–water partition coefficient (Wildman–Crippen LogP) is 2.88. The Labute approximate surface area is 162 Å². The summed E-state index contributed by atoms with van der Waals surface area (Å²) >= 11 is 6.20. The second kappa shape index (κ2) is 6.99. The quantitative estimate of drug-likeness (QED) is 0.720. The zero-order chi connectivity index (χ0) is 18.2. The summed E-state index contributed by atoms with van der Waals surface area (Å²) in [5.74, 6) is 0.774. The van der Waals surface area contributed by atoms with E-state index >= 15 is 0 Å². The maximum Gasteiger partial charge on any atom is 0.130 e. The summed E-state index contributed by atoms with van der Waals surface area (Å²) in [6.07, 6.45) is 3.59. The van der Waals surface area contributed by atoms with Crippen LogP contribution in [-0.4, -0.2) is 65.3 Å². The summed E-state index contributed by atoms with van der Waals surface area (Å²) in [6, 6.07) is 8.46. The van der Waals surface area contributed by atoms with Crippen LogP contribution in [0.1, 0.15) is 0 Å². The molecule has 0 radical (unpaired) electrons. The Kier molecular flexibility index (Phi) is 4.35. The highest BCUT2D eigenvalue weighted by Crippen LogP contribution is 2.28. The van der Waals surface area contributed by atoms with E-state index in [0.717, 1.165) is 67.6 Å². The molecular formula is C19H21ClN6O. The fraction of sp³-hybridized carbons (Fsp3) is 0.368. The minimum atomic E-state index is 0.619. The second-order valence-corrected chi connectivity index (χ2v) is 7.43. The van der Waals surface area contributed by atoms with Gasteiger partial charge in [0, 0.05) is 31.2 Å². The number of ether oxygens (including phenoxy) is 1. The van der Waals surface area contributed by atoms with Crippen LogP contribution < -0.4 is 10.2 Å². The van der Waals surface area contributed by atoms with E-state index in [2.05, 4.69) is 36.1 Å². The van der Waals surface area contributed by atoms with Crippen molar-refractivity contribution in [3.8, 4) is 0 Å². The Morgan fingerprint density at radius 3 is 2.67 bits per heavy atom. The number of hydrogen-bond acceptors (Lipinski definition) is 6. The minimum Gasteiger partial charge on any atom is -0.378 e. The maximum absolute atomic E-state index is 6.20. The lowest BCUT2D eigenvalue weighted by molar-refractivity contribution is -0.0660. The summed E-state index contributed by atoms with van der Waals surface area (Å²) in [5, 5.41) is 3.98. The first-order valence-electron chi connectivity index (χ1n) is 9.19. The maximum atomic E-state index is 6.20. The smallest absolute Gasteiger partial charge is 0.130 e. The molecule has 2 saturated heterocycles. The van der Waals surface area contributed by atoms with E-state index in [0.29, 0.717) is 11.1 Å². The van der Waals surface area contributed by atoms with E-state index in [1.807, 2.05) is 24.4 Å². The third-order valence-electron chi connectivity index (χ3n) is 5.32. The molecule has 1 aromatic carbocycles. The van der Waals surface area contributed by atoms with Crippen LogP contribution in [0, 0.1) is 0 Å². The number of piperazine rings is 1. The summed E-state index contributed by atoms with van der Waals surface area (Å²) in [7, 11) is 0. The molecule has 0 saturated carbocycles. The molecule has 2 aromatic heterocycles. The summed E-state index contributed by atoms with van der Waals surface area (Å²) in [6.45, 7) is 5.96. The van der Waals surface area contributed by atoms with Crippen LogP contribution in [0.25, 0.3) is 11.0 Å². The van der Waals surface area contributed by atoms with E-state index in [1.165, 1.54) is 0 Å². The van der Waals surface area contributed by atoms with Crippen molar-refractivity contribution in [1.29, 1.82) is 0 Å². The number of nitrogens with zero attached hydrogens (tertiary/aromatic N) is 4. The highest BCUT2D eigenvalue weighted by Gasteiger charge is 2.28. The SMILES string of the molecule is Clc1cc(Nc2ccc(N3CCN(C4COC4)CC3)cn2)c2nc[nH]c2c1. The van der Waals surface area contributed by atoms with Crippen LogP contribution in [0.5, 0.6) is 0 Å². The van der Waals surface area contributed by atoms with E-state index < -0.39 is 0 Å². The van der Waals surface area contributed by atoms with Crippen molar-refractivity contribution in [2.75, 3.05) is 49.6 Å². The number of aromatic nitrogens is 3. The van der Waals surface area contributed by atoms with Gasteiger partial charge >= 0.3 is 0 Å². The number of hydrogen-bond donors (Lipinski definition) is 2. The number of aromatic amines is 1. The van der Waals surface area contributed by atoms with Crippen LogP contribution in [0.4, 0.5) is 17.2 Å². The number of anilines is 3. The van der Waals surface area contributed by atoms with E-state index in [1.54, 1.807) is 6.33 Å². The van der Waals surface area contributed by atoms with Crippen molar-refractivity contribution in [2.24, 2.45) is 0 Å². The third kappa shape index (κ3) is 3.34.